The Balaban J connectivity index is 1.65. The molecule has 0 bridgehead atoms. The van der Waals surface area contributed by atoms with E-state index in [1.807, 2.05) is 18.2 Å². The maximum absolute atomic E-state index is 13.8. The summed E-state index contributed by atoms with van der Waals surface area (Å²) in [6.45, 7) is 2.33. The molecule has 3 nitrogen and oxygen atoms in total. The normalized spacial score (nSPS) is 16.5. The molecule has 3 rings (SSSR count). The highest BCUT2D eigenvalue weighted by atomic mass is 35.5. The average Bonchev–Trinajstić information content (AvgIpc) is 2.55. The fourth-order valence-electron chi connectivity index (χ4n) is 2.83. The Labute approximate surface area is 141 Å². The molecule has 0 unspecified atom stereocenters. The first-order valence-electron chi connectivity index (χ1n) is 7.84. The van der Waals surface area contributed by atoms with Crippen molar-refractivity contribution in [2.45, 2.75) is 25.4 Å². The molecule has 1 aliphatic heterocycles. The van der Waals surface area contributed by atoms with Crippen LogP contribution in [-0.4, -0.2) is 30.0 Å². The molecule has 23 heavy (non-hydrogen) atoms. The van der Waals surface area contributed by atoms with Gasteiger partial charge in [-0.1, -0.05) is 23.7 Å². The molecule has 1 aromatic heterocycles. The minimum absolute atomic E-state index is 0.146. The molecule has 1 aliphatic rings. The van der Waals surface area contributed by atoms with E-state index in [9.17, 15) is 4.39 Å². The van der Waals surface area contributed by atoms with Crippen LogP contribution in [0.4, 0.5) is 4.39 Å². The highest BCUT2D eigenvalue weighted by molar-refractivity contribution is 6.30. The molecular weight excluding hydrogens is 315 g/mol. The number of hydrogen-bond donors (Lipinski definition) is 0. The van der Waals surface area contributed by atoms with E-state index in [2.05, 4.69) is 16.9 Å². The Morgan fingerprint density at radius 2 is 2.04 bits per heavy atom. The zero-order chi connectivity index (χ0) is 16.2. The number of likely N-dealkylation sites (tertiary alicyclic amines) is 1. The van der Waals surface area contributed by atoms with Crippen LogP contribution in [0.3, 0.4) is 0 Å². The first-order chi connectivity index (χ1) is 11.1. The van der Waals surface area contributed by atoms with Crippen LogP contribution in [0.15, 0.2) is 36.4 Å². The van der Waals surface area contributed by atoms with Gasteiger partial charge in [-0.3, -0.25) is 0 Å². The second-order valence-electron chi connectivity index (χ2n) is 6.00. The molecule has 122 valence electrons. The molecule has 0 aliphatic carbocycles. The molecule has 2 heterocycles. The summed E-state index contributed by atoms with van der Waals surface area (Å²) in [7, 11) is 2.14. The predicted octanol–water partition coefficient (Wildman–Crippen LogP) is 4.26. The number of aromatic nitrogens is 1. The van der Waals surface area contributed by atoms with Crippen molar-refractivity contribution in [2.75, 3.05) is 20.1 Å². The highest BCUT2D eigenvalue weighted by Gasteiger charge is 2.19. The number of rotatable bonds is 4. The number of halogens is 2. The molecule has 2 aromatic rings. The van der Waals surface area contributed by atoms with Gasteiger partial charge in [0.15, 0.2) is 0 Å². The van der Waals surface area contributed by atoms with Gasteiger partial charge in [-0.15, -0.1) is 0 Å². The number of benzene rings is 1. The third-order valence-electron chi connectivity index (χ3n) is 4.27. The zero-order valence-electron chi connectivity index (χ0n) is 13.1. The number of ether oxygens (including phenoxy) is 1. The van der Waals surface area contributed by atoms with Crippen LogP contribution in [0.25, 0.3) is 0 Å². The fraction of sp³-hybridized carbons (Fsp3) is 0.389. The lowest BCUT2D eigenvalue weighted by atomic mass is 9.93. The zero-order valence-corrected chi connectivity index (χ0v) is 13.9. The van der Waals surface area contributed by atoms with Crippen LogP contribution >= 0.6 is 11.6 Å². The lowest BCUT2D eigenvalue weighted by molar-refractivity contribution is 0.250. The van der Waals surface area contributed by atoms with Gasteiger partial charge in [-0.25, -0.2) is 9.37 Å². The largest absolute Gasteiger partial charge is 0.473 e. The van der Waals surface area contributed by atoms with Crippen molar-refractivity contribution in [3.63, 3.8) is 0 Å². The van der Waals surface area contributed by atoms with Crippen molar-refractivity contribution >= 4 is 11.6 Å². The second-order valence-corrected chi connectivity index (χ2v) is 6.44. The van der Waals surface area contributed by atoms with Gasteiger partial charge in [0.25, 0.3) is 0 Å². The van der Waals surface area contributed by atoms with Crippen LogP contribution in [0, 0.1) is 5.82 Å². The molecule has 5 heteroatoms. The van der Waals surface area contributed by atoms with Crippen molar-refractivity contribution in [3.05, 3.63) is 58.5 Å². The Kier molecular flexibility index (Phi) is 5.13. The summed E-state index contributed by atoms with van der Waals surface area (Å²) in [6, 6.07) is 10.4. The third kappa shape index (κ3) is 4.21. The first kappa shape index (κ1) is 16.2. The topological polar surface area (TPSA) is 25.4 Å². The van der Waals surface area contributed by atoms with Crippen LogP contribution < -0.4 is 4.74 Å². The van der Waals surface area contributed by atoms with Gasteiger partial charge >= 0.3 is 0 Å². The van der Waals surface area contributed by atoms with E-state index in [0.717, 1.165) is 31.6 Å². The van der Waals surface area contributed by atoms with Crippen molar-refractivity contribution in [1.82, 2.24) is 9.88 Å². The van der Waals surface area contributed by atoms with Crippen molar-refractivity contribution in [2.24, 2.45) is 0 Å². The molecular formula is C18H20ClFN2O. The van der Waals surface area contributed by atoms with E-state index in [1.54, 1.807) is 12.1 Å². The Morgan fingerprint density at radius 1 is 1.26 bits per heavy atom. The van der Waals surface area contributed by atoms with Gasteiger partial charge in [-0.2, -0.15) is 0 Å². The lowest BCUT2D eigenvalue weighted by Gasteiger charge is -2.28. The maximum atomic E-state index is 13.8. The predicted molar refractivity (Wildman–Crippen MR) is 89.5 cm³/mol. The minimum Gasteiger partial charge on any atom is -0.473 e. The van der Waals surface area contributed by atoms with Gasteiger partial charge in [-0.05, 0) is 51.2 Å². The van der Waals surface area contributed by atoms with Crippen LogP contribution in [0.2, 0.25) is 5.02 Å². The summed E-state index contributed by atoms with van der Waals surface area (Å²) < 4.78 is 19.4. The quantitative estimate of drug-likeness (QED) is 0.835. The summed E-state index contributed by atoms with van der Waals surface area (Å²) >= 11 is 5.75. The smallest absolute Gasteiger partial charge is 0.213 e. The third-order valence-corrected chi connectivity index (χ3v) is 4.51. The SMILES string of the molecule is CN1CCC(c2cccc(OCc3ccc(Cl)cc3F)n2)CC1. The molecule has 0 spiro atoms. The van der Waals surface area contributed by atoms with Crippen LogP contribution in [0.5, 0.6) is 5.88 Å². The van der Waals surface area contributed by atoms with E-state index in [1.165, 1.54) is 6.07 Å². The Morgan fingerprint density at radius 3 is 2.78 bits per heavy atom. The standard InChI is InChI=1S/C18H20ClFN2O/c1-22-9-7-13(8-10-22)17-3-2-4-18(21-17)23-12-14-5-6-15(19)11-16(14)20/h2-6,11,13H,7-10,12H2,1H3. The fourth-order valence-corrected chi connectivity index (χ4v) is 2.99. The second kappa shape index (κ2) is 7.28. The van der Waals surface area contributed by atoms with Gasteiger partial charge in [0, 0.05) is 28.3 Å². The van der Waals surface area contributed by atoms with Crippen molar-refractivity contribution < 1.29 is 9.13 Å². The van der Waals surface area contributed by atoms with Crippen LogP contribution in [0.1, 0.15) is 30.0 Å². The summed E-state index contributed by atoms with van der Waals surface area (Å²) in [4.78, 5) is 6.93. The molecule has 0 radical (unpaired) electrons. The molecule has 1 aromatic carbocycles. The van der Waals surface area contributed by atoms with E-state index in [4.69, 9.17) is 16.3 Å². The van der Waals surface area contributed by atoms with Gasteiger partial charge in [0.1, 0.15) is 12.4 Å². The van der Waals surface area contributed by atoms with Gasteiger partial charge < -0.3 is 9.64 Å². The van der Waals surface area contributed by atoms with E-state index in [-0.39, 0.29) is 12.4 Å². The lowest BCUT2D eigenvalue weighted by Crippen LogP contribution is -2.29. The van der Waals surface area contributed by atoms with E-state index >= 15 is 0 Å². The molecule has 0 saturated carbocycles. The number of pyridine rings is 1. The highest BCUT2D eigenvalue weighted by Crippen LogP contribution is 2.27. The average molecular weight is 335 g/mol. The summed E-state index contributed by atoms with van der Waals surface area (Å²) in [5.41, 5.74) is 1.54. The van der Waals surface area contributed by atoms with E-state index in [0.29, 0.717) is 22.4 Å². The summed E-state index contributed by atoms with van der Waals surface area (Å²) in [6.07, 6.45) is 2.22. The molecule has 1 fully saturated rings. The Bertz CT molecular complexity index is 672. The van der Waals surface area contributed by atoms with Crippen molar-refractivity contribution in [1.29, 1.82) is 0 Å². The van der Waals surface area contributed by atoms with Gasteiger partial charge in [0.2, 0.25) is 5.88 Å². The monoisotopic (exact) mass is 334 g/mol. The van der Waals surface area contributed by atoms with Crippen molar-refractivity contribution in [3.8, 4) is 5.88 Å². The molecule has 1 saturated heterocycles. The first-order valence-corrected chi connectivity index (χ1v) is 8.22. The number of hydrogen-bond acceptors (Lipinski definition) is 3. The molecule has 0 amide bonds. The van der Waals surface area contributed by atoms with Crippen LogP contribution in [-0.2, 0) is 6.61 Å². The van der Waals surface area contributed by atoms with Gasteiger partial charge in [0.05, 0.1) is 0 Å². The summed E-state index contributed by atoms with van der Waals surface area (Å²) in [5.74, 6) is 0.654. The number of piperidine rings is 1. The molecule has 0 N–H and O–H groups in total. The maximum Gasteiger partial charge on any atom is 0.213 e. The Hall–Kier alpha value is -1.65. The molecule has 0 atom stereocenters. The number of nitrogens with zero attached hydrogens (tertiary/aromatic N) is 2. The summed E-state index contributed by atoms with van der Waals surface area (Å²) in [5, 5.41) is 0.383. The van der Waals surface area contributed by atoms with E-state index < -0.39 is 0 Å². The minimum atomic E-state index is -0.357.